The molecule has 0 aliphatic carbocycles. The van der Waals surface area contributed by atoms with E-state index in [1.54, 1.807) is 0 Å². The van der Waals surface area contributed by atoms with Crippen molar-refractivity contribution in [2.45, 2.75) is 19.4 Å². The first kappa shape index (κ1) is 23.5. The molecule has 1 fully saturated rings. The molecule has 0 aromatic carbocycles. The SMILES string of the molecule is CCC(CO)(CO)CO.C[O-].OCC1CO1.[K+]. The Morgan fingerprint density at radius 3 is 1.47 bits per heavy atom. The third-order valence-corrected chi connectivity index (χ3v) is 2.36. The van der Waals surface area contributed by atoms with Crippen LogP contribution < -0.4 is 56.5 Å². The van der Waals surface area contributed by atoms with E-state index in [0.29, 0.717) is 6.42 Å². The summed E-state index contributed by atoms with van der Waals surface area (Å²) in [5.74, 6) is 0. The number of aliphatic hydroxyl groups is 4. The predicted molar refractivity (Wildman–Crippen MR) is 56.7 cm³/mol. The van der Waals surface area contributed by atoms with Crippen LogP contribution in [0.3, 0.4) is 0 Å². The third kappa shape index (κ3) is 12.2. The maximum atomic E-state index is 8.66. The van der Waals surface area contributed by atoms with Crippen LogP contribution in [-0.2, 0) is 4.74 Å². The second-order valence-corrected chi connectivity index (χ2v) is 3.47. The van der Waals surface area contributed by atoms with Gasteiger partial charge in [0.25, 0.3) is 0 Å². The van der Waals surface area contributed by atoms with Crippen molar-refractivity contribution in [3.05, 3.63) is 0 Å². The van der Waals surface area contributed by atoms with Crippen LogP contribution in [0.25, 0.3) is 0 Å². The van der Waals surface area contributed by atoms with Crippen LogP contribution in [0.4, 0.5) is 0 Å². The molecule has 100 valence electrons. The molecule has 1 saturated heterocycles. The molecule has 6 nitrogen and oxygen atoms in total. The van der Waals surface area contributed by atoms with Crippen LogP contribution >= 0.6 is 0 Å². The minimum Gasteiger partial charge on any atom is -0.857 e. The summed E-state index contributed by atoms with van der Waals surface area (Å²) >= 11 is 0. The fraction of sp³-hybridized carbons (Fsp3) is 1.00. The van der Waals surface area contributed by atoms with E-state index in [4.69, 9.17) is 25.5 Å². The van der Waals surface area contributed by atoms with E-state index in [2.05, 4.69) is 4.74 Å². The van der Waals surface area contributed by atoms with E-state index in [1.807, 2.05) is 6.92 Å². The minimum atomic E-state index is -0.667. The maximum absolute atomic E-state index is 8.66. The van der Waals surface area contributed by atoms with Crippen molar-refractivity contribution in [2.75, 3.05) is 40.1 Å². The summed E-state index contributed by atoms with van der Waals surface area (Å²) in [5, 5.41) is 42.3. The van der Waals surface area contributed by atoms with E-state index >= 15 is 0 Å². The second kappa shape index (κ2) is 15.5. The molecule has 0 radical (unpaired) electrons. The molecule has 0 amide bonds. The Morgan fingerprint density at radius 1 is 1.12 bits per heavy atom. The van der Waals surface area contributed by atoms with Gasteiger partial charge in [0.2, 0.25) is 0 Å². The summed E-state index contributed by atoms with van der Waals surface area (Å²) in [4.78, 5) is 0. The number of epoxide rings is 1. The van der Waals surface area contributed by atoms with Gasteiger partial charge >= 0.3 is 51.4 Å². The van der Waals surface area contributed by atoms with Gasteiger partial charge in [-0.05, 0) is 6.42 Å². The molecule has 1 aliphatic rings. The number of hydrogen-bond acceptors (Lipinski definition) is 6. The van der Waals surface area contributed by atoms with Gasteiger partial charge in [-0.3, -0.25) is 0 Å². The molecule has 1 aliphatic heterocycles. The predicted octanol–water partition coefficient (Wildman–Crippen LogP) is -5.28. The normalized spacial score (nSPS) is 16.8. The fourth-order valence-corrected chi connectivity index (χ4v) is 0.659. The molecule has 4 N–H and O–H groups in total. The first-order chi connectivity index (χ1) is 7.67. The van der Waals surface area contributed by atoms with Crippen molar-refractivity contribution in [1.29, 1.82) is 0 Å². The molecule has 1 unspecified atom stereocenters. The van der Waals surface area contributed by atoms with Gasteiger partial charge in [0.1, 0.15) is 6.10 Å². The maximum Gasteiger partial charge on any atom is 1.00 e. The van der Waals surface area contributed by atoms with E-state index in [9.17, 15) is 0 Å². The summed E-state index contributed by atoms with van der Waals surface area (Å²) in [6, 6.07) is 0. The van der Waals surface area contributed by atoms with Crippen LogP contribution in [-0.4, -0.2) is 66.7 Å². The smallest absolute Gasteiger partial charge is 0.857 e. The van der Waals surface area contributed by atoms with E-state index in [1.165, 1.54) is 0 Å². The number of rotatable bonds is 5. The first-order valence-electron chi connectivity index (χ1n) is 5.14. The van der Waals surface area contributed by atoms with Gasteiger partial charge in [-0.25, -0.2) is 0 Å². The Balaban J connectivity index is -0.000000208. The summed E-state index contributed by atoms with van der Waals surface area (Å²) in [7, 11) is 0.750. The largest absolute Gasteiger partial charge is 1.00 e. The van der Waals surface area contributed by atoms with Gasteiger partial charge < -0.3 is 30.3 Å². The van der Waals surface area contributed by atoms with Crippen molar-refractivity contribution in [3.63, 3.8) is 0 Å². The topological polar surface area (TPSA) is 117 Å². The Bertz CT molecular complexity index is 121. The van der Waals surface area contributed by atoms with Crippen molar-refractivity contribution in [3.8, 4) is 0 Å². The zero-order valence-corrected chi connectivity index (χ0v) is 14.0. The molecular formula is C10H23KO6. The van der Waals surface area contributed by atoms with E-state index < -0.39 is 5.41 Å². The van der Waals surface area contributed by atoms with Gasteiger partial charge in [0, 0.05) is 5.41 Å². The van der Waals surface area contributed by atoms with Crippen molar-refractivity contribution in [2.24, 2.45) is 5.41 Å². The molecule has 1 atom stereocenters. The van der Waals surface area contributed by atoms with Crippen LogP contribution in [0.1, 0.15) is 13.3 Å². The summed E-state index contributed by atoms with van der Waals surface area (Å²) < 4.78 is 4.61. The van der Waals surface area contributed by atoms with Crippen LogP contribution in [0.2, 0.25) is 0 Å². The van der Waals surface area contributed by atoms with Gasteiger partial charge in [-0.2, -0.15) is 7.11 Å². The van der Waals surface area contributed by atoms with Crippen molar-refractivity contribution in [1.82, 2.24) is 0 Å². The number of hydrogen-bond donors (Lipinski definition) is 4. The standard InChI is InChI=1S/C6H14O3.C3H6O2.CH3O.K/c1-2-6(3-7,4-8)5-9;4-1-3-2-5-3;1-2;/h7-9H,2-5H2,1H3;3-4H,1-2H2;1H3;/q;;-1;+1. The summed E-state index contributed by atoms with van der Waals surface area (Å²) in [5.41, 5.74) is -0.667. The third-order valence-electron chi connectivity index (χ3n) is 2.36. The molecule has 0 spiro atoms. The Hall–Kier alpha value is 1.40. The average molecular weight is 278 g/mol. The number of aliphatic hydroxyl groups excluding tert-OH is 4. The zero-order chi connectivity index (χ0) is 13.0. The molecular weight excluding hydrogens is 255 g/mol. The van der Waals surface area contributed by atoms with Gasteiger partial charge in [0.05, 0.1) is 33.0 Å². The number of ether oxygens (including phenoxy) is 1. The van der Waals surface area contributed by atoms with Crippen LogP contribution in [0.5, 0.6) is 0 Å². The van der Waals surface area contributed by atoms with Gasteiger partial charge in [0.15, 0.2) is 0 Å². The first-order valence-corrected chi connectivity index (χ1v) is 5.14. The molecule has 7 heteroatoms. The molecule has 0 aromatic heterocycles. The summed E-state index contributed by atoms with van der Waals surface area (Å²) in [6.07, 6.45) is 0.784. The fourth-order valence-electron chi connectivity index (χ4n) is 0.659. The molecule has 1 heterocycles. The monoisotopic (exact) mass is 278 g/mol. The molecule has 0 bridgehead atoms. The molecule has 17 heavy (non-hydrogen) atoms. The minimum absolute atomic E-state index is 0. The van der Waals surface area contributed by atoms with Crippen LogP contribution in [0.15, 0.2) is 0 Å². The molecule has 1 rings (SSSR count). The Labute approximate surface area is 145 Å². The van der Waals surface area contributed by atoms with Crippen molar-refractivity contribution < 1.29 is 81.7 Å². The molecule has 0 saturated carbocycles. The molecule has 0 aromatic rings. The Morgan fingerprint density at radius 2 is 1.47 bits per heavy atom. The Kier molecular flexibility index (Phi) is 21.4. The second-order valence-electron chi connectivity index (χ2n) is 3.47. The van der Waals surface area contributed by atoms with Gasteiger partial charge in [-0.1, -0.05) is 6.92 Å². The van der Waals surface area contributed by atoms with Crippen LogP contribution in [0, 0.1) is 5.41 Å². The summed E-state index contributed by atoms with van der Waals surface area (Å²) in [6.45, 7) is 2.31. The van der Waals surface area contributed by atoms with Crippen molar-refractivity contribution >= 4 is 0 Å². The van der Waals surface area contributed by atoms with E-state index in [-0.39, 0.29) is 83.9 Å². The average Bonchev–Trinajstić information content (AvgIpc) is 3.20. The van der Waals surface area contributed by atoms with Gasteiger partial charge in [-0.15, -0.1) is 0 Å². The quantitative estimate of drug-likeness (QED) is 0.295. The zero-order valence-electron chi connectivity index (χ0n) is 10.9. The van der Waals surface area contributed by atoms with E-state index in [0.717, 1.165) is 13.7 Å².